The van der Waals surface area contributed by atoms with Gasteiger partial charge in [-0.15, -0.1) is 11.3 Å². The fraction of sp³-hybridized carbons (Fsp3) is 0.389. The molecule has 2 aromatic rings. The van der Waals surface area contributed by atoms with E-state index in [1.807, 2.05) is 45.0 Å². The third kappa shape index (κ3) is 5.28. The molecule has 0 radical (unpaired) electrons. The van der Waals surface area contributed by atoms with Crippen LogP contribution in [-0.4, -0.2) is 11.7 Å². The minimum atomic E-state index is -0.520. The molecule has 23 heavy (non-hydrogen) atoms. The van der Waals surface area contributed by atoms with Crippen LogP contribution in [0.1, 0.15) is 43.5 Å². The van der Waals surface area contributed by atoms with Crippen LogP contribution >= 0.6 is 11.3 Å². The van der Waals surface area contributed by atoms with Crippen molar-refractivity contribution in [2.24, 2.45) is 0 Å². The number of rotatable bonds is 4. The van der Waals surface area contributed by atoms with Crippen LogP contribution in [0.2, 0.25) is 0 Å². The van der Waals surface area contributed by atoms with Crippen molar-refractivity contribution in [3.8, 4) is 0 Å². The van der Waals surface area contributed by atoms with Crippen LogP contribution in [0.25, 0.3) is 0 Å². The average molecular weight is 332 g/mol. The Kier molecular flexibility index (Phi) is 5.31. The lowest BCUT2D eigenvalue weighted by atomic mass is 10.2. The van der Waals surface area contributed by atoms with Gasteiger partial charge < -0.3 is 10.1 Å². The normalized spacial score (nSPS) is 12.6. The molecule has 0 spiro atoms. The fourth-order valence-electron chi connectivity index (χ4n) is 2.12. The number of benzene rings is 1. The Labute approximate surface area is 141 Å². The van der Waals surface area contributed by atoms with Gasteiger partial charge in [-0.2, -0.15) is 0 Å². The second kappa shape index (κ2) is 7.04. The Hall–Kier alpha value is -2.01. The van der Waals surface area contributed by atoms with Crippen molar-refractivity contribution < 1.29 is 9.53 Å². The number of carbonyl (C=O) groups is 1. The molecule has 0 fully saturated rings. The first kappa shape index (κ1) is 17.3. The topological polar surface area (TPSA) is 50.4 Å². The summed E-state index contributed by atoms with van der Waals surface area (Å²) in [6.07, 6.45) is -0.452. The first-order chi connectivity index (χ1) is 10.7. The fourth-order valence-corrected chi connectivity index (χ4v) is 3.00. The summed E-state index contributed by atoms with van der Waals surface area (Å²) in [6.45, 7) is 9.74. The molecule has 0 aliphatic heterocycles. The summed E-state index contributed by atoms with van der Waals surface area (Å²) in [7, 11) is 0. The third-order valence-electron chi connectivity index (χ3n) is 3.12. The quantitative estimate of drug-likeness (QED) is 0.769. The largest absolute Gasteiger partial charge is 0.444 e. The Morgan fingerprint density at radius 3 is 2.35 bits per heavy atom. The summed E-state index contributed by atoms with van der Waals surface area (Å²) in [5.74, 6) is 0. The summed E-state index contributed by atoms with van der Waals surface area (Å²) < 4.78 is 5.31. The minimum absolute atomic E-state index is 0.162. The van der Waals surface area contributed by atoms with Gasteiger partial charge in [0.15, 0.2) is 0 Å². The first-order valence-corrected chi connectivity index (χ1v) is 8.48. The third-order valence-corrected chi connectivity index (χ3v) is 4.31. The monoisotopic (exact) mass is 332 g/mol. The van der Waals surface area contributed by atoms with E-state index in [-0.39, 0.29) is 6.04 Å². The molecule has 1 aromatic heterocycles. The standard InChI is InChI=1S/C18H24N2O2S/c1-12-10-11-16(23-12)13(2)19-14-8-6-7-9-15(14)20-17(21)22-18(3,4)5/h6-11,13,19H,1-5H3,(H,20,21). The average Bonchev–Trinajstić information content (AvgIpc) is 2.85. The highest BCUT2D eigenvalue weighted by atomic mass is 32.1. The highest BCUT2D eigenvalue weighted by Gasteiger charge is 2.17. The second-order valence-electron chi connectivity index (χ2n) is 6.49. The zero-order chi connectivity index (χ0) is 17.0. The molecule has 0 saturated heterocycles. The Morgan fingerprint density at radius 1 is 1.13 bits per heavy atom. The summed E-state index contributed by atoms with van der Waals surface area (Å²) in [6, 6.07) is 12.0. The molecular formula is C18H24N2O2S. The van der Waals surface area contributed by atoms with Crippen molar-refractivity contribution in [1.82, 2.24) is 0 Å². The lowest BCUT2D eigenvalue weighted by Gasteiger charge is -2.21. The van der Waals surface area contributed by atoms with E-state index in [9.17, 15) is 4.79 Å². The molecule has 2 rings (SSSR count). The van der Waals surface area contributed by atoms with Crippen LogP contribution in [0, 0.1) is 6.92 Å². The summed E-state index contributed by atoms with van der Waals surface area (Å²) in [5, 5.41) is 6.26. The number of hydrogen-bond acceptors (Lipinski definition) is 4. The predicted molar refractivity (Wildman–Crippen MR) is 97.4 cm³/mol. The molecule has 2 N–H and O–H groups in total. The summed E-state index contributed by atoms with van der Waals surface area (Å²) >= 11 is 1.77. The number of para-hydroxylation sites is 2. The minimum Gasteiger partial charge on any atom is -0.444 e. The number of hydrogen-bond donors (Lipinski definition) is 2. The van der Waals surface area contributed by atoms with Gasteiger partial charge in [0.1, 0.15) is 5.60 Å². The van der Waals surface area contributed by atoms with Crippen molar-refractivity contribution in [1.29, 1.82) is 0 Å². The SMILES string of the molecule is Cc1ccc(C(C)Nc2ccccc2NC(=O)OC(C)(C)C)s1. The number of ether oxygens (including phenoxy) is 1. The number of thiophene rings is 1. The molecule has 0 aliphatic rings. The number of amides is 1. The number of nitrogens with one attached hydrogen (secondary N) is 2. The molecule has 1 heterocycles. The van der Waals surface area contributed by atoms with Crippen molar-refractivity contribution in [3.05, 3.63) is 46.2 Å². The molecule has 0 saturated carbocycles. The van der Waals surface area contributed by atoms with Crippen LogP contribution < -0.4 is 10.6 Å². The van der Waals surface area contributed by atoms with Gasteiger partial charge in [-0.25, -0.2) is 4.79 Å². The smallest absolute Gasteiger partial charge is 0.412 e. The molecule has 0 bridgehead atoms. The van der Waals surface area contributed by atoms with Crippen molar-refractivity contribution in [3.63, 3.8) is 0 Å². The number of anilines is 2. The van der Waals surface area contributed by atoms with Crippen LogP contribution in [0.15, 0.2) is 36.4 Å². The van der Waals surface area contributed by atoms with E-state index < -0.39 is 11.7 Å². The zero-order valence-electron chi connectivity index (χ0n) is 14.3. The van der Waals surface area contributed by atoms with E-state index in [4.69, 9.17) is 4.74 Å². The maximum absolute atomic E-state index is 12.0. The van der Waals surface area contributed by atoms with Gasteiger partial charge in [0.25, 0.3) is 0 Å². The molecule has 1 aromatic carbocycles. The Balaban J connectivity index is 2.09. The van der Waals surface area contributed by atoms with Crippen molar-refractivity contribution in [2.75, 3.05) is 10.6 Å². The molecule has 124 valence electrons. The highest BCUT2D eigenvalue weighted by molar-refractivity contribution is 7.12. The van der Waals surface area contributed by atoms with Gasteiger partial charge in [0, 0.05) is 9.75 Å². The van der Waals surface area contributed by atoms with Gasteiger partial charge in [-0.1, -0.05) is 12.1 Å². The summed E-state index contributed by atoms with van der Waals surface area (Å²) in [4.78, 5) is 14.5. The lowest BCUT2D eigenvalue weighted by Crippen LogP contribution is -2.27. The maximum Gasteiger partial charge on any atom is 0.412 e. The molecule has 4 nitrogen and oxygen atoms in total. The van der Waals surface area contributed by atoms with Crippen LogP contribution in [0.4, 0.5) is 16.2 Å². The zero-order valence-corrected chi connectivity index (χ0v) is 15.1. The van der Waals surface area contributed by atoms with E-state index in [0.29, 0.717) is 5.69 Å². The lowest BCUT2D eigenvalue weighted by molar-refractivity contribution is 0.0636. The number of aryl methyl sites for hydroxylation is 1. The second-order valence-corrected chi connectivity index (χ2v) is 7.81. The molecule has 0 aliphatic carbocycles. The van der Waals surface area contributed by atoms with Gasteiger partial charge in [0.2, 0.25) is 0 Å². The van der Waals surface area contributed by atoms with Crippen molar-refractivity contribution >= 4 is 28.8 Å². The van der Waals surface area contributed by atoms with E-state index in [1.54, 1.807) is 11.3 Å². The van der Waals surface area contributed by atoms with E-state index >= 15 is 0 Å². The van der Waals surface area contributed by atoms with Crippen LogP contribution in [0.5, 0.6) is 0 Å². The van der Waals surface area contributed by atoms with Gasteiger partial charge in [0.05, 0.1) is 17.4 Å². The molecule has 1 atom stereocenters. The molecule has 1 amide bonds. The molecule has 1 unspecified atom stereocenters. The van der Waals surface area contributed by atoms with E-state index in [2.05, 4.69) is 36.6 Å². The molecular weight excluding hydrogens is 308 g/mol. The van der Waals surface area contributed by atoms with Gasteiger partial charge >= 0.3 is 6.09 Å². The van der Waals surface area contributed by atoms with E-state index in [1.165, 1.54) is 9.75 Å². The van der Waals surface area contributed by atoms with Crippen LogP contribution in [0.3, 0.4) is 0 Å². The van der Waals surface area contributed by atoms with Gasteiger partial charge in [-0.3, -0.25) is 5.32 Å². The van der Waals surface area contributed by atoms with Crippen LogP contribution in [-0.2, 0) is 4.74 Å². The highest BCUT2D eigenvalue weighted by Crippen LogP contribution is 2.29. The predicted octanol–water partition coefficient (Wildman–Crippen LogP) is 5.58. The molecule has 5 heteroatoms. The Morgan fingerprint density at radius 2 is 1.78 bits per heavy atom. The summed E-state index contributed by atoms with van der Waals surface area (Å²) in [5.41, 5.74) is 1.06. The Bertz CT molecular complexity index is 674. The van der Waals surface area contributed by atoms with E-state index in [0.717, 1.165) is 5.69 Å². The first-order valence-electron chi connectivity index (χ1n) is 7.66. The van der Waals surface area contributed by atoms with Gasteiger partial charge in [-0.05, 0) is 58.9 Å². The number of carbonyl (C=O) groups excluding carboxylic acids is 1. The van der Waals surface area contributed by atoms with Crippen molar-refractivity contribution in [2.45, 2.75) is 46.3 Å². The maximum atomic E-state index is 12.0.